The normalized spacial score (nSPS) is 13.2. The molecule has 0 atom stereocenters. The van der Waals surface area contributed by atoms with Crippen LogP contribution in [0.5, 0.6) is 0 Å². The van der Waals surface area contributed by atoms with Gasteiger partial charge < -0.3 is 10.0 Å². The van der Waals surface area contributed by atoms with Gasteiger partial charge in [0.15, 0.2) is 0 Å². The molecular weight excluding hydrogens is 415 g/mol. The number of rotatable bonds is 4. The molecule has 0 aliphatic heterocycles. The number of hydrogen-bond acceptors (Lipinski definition) is 2. The lowest BCUT2D eigenvalue weighted by Crippen LogP contribution is -2.29. The van der Waals surface area contributed by atoms with E-state index < -0.39 is 12.5 Å². The van der Waals surface area contributed by atoms with Crippen LogP contribution in [0.25, 0.3) is 22.3 Å². The average Bonchev–Trinajstić information content (AvgIpc) is 3.20. The molecular formula is C31H23BO2. The van der Waals surface area contributed by atoms with E-state index >= 15 is 0 Å². The van der Waals surface area contributed by atoms with Gasteiger partial charge in [0.05, 0.1) is 5.41 Å². The minimum absolute atomic E-state index is 0.446. The van der Waals surface area contributed by atoms with Crippen LogP contribution in [0.3, 0.4) is 0 Å². The molecule has 0 saturated carbocycles. The summed E-state index contributed by atoms with van der Waals surface area (Å²) in [6.07, 6.45) is 0. The SMILES string of the molecule is OB(O)c1cccc(-c2ccc3c(c2)C(c2ccccc2)(c2ccccc2)c2ccccc2-3)c1. The van der Waals surface area contributed by atoms with Crippen molar-refractivity contribution in [2.75, 3.05) is 0 Å². The second-order valence-corrected chi connectivity index (χ2v) is 8.79. The lowest BCUT2D eigenvalue weighted by atomic mass is 9.67. The molecule has 1 aliphatic rings. The van der Waals surface area contributed by atoms with Crippen LogP contribution in [0.2, 0.25) is 0 Å². The standard InChI is InChI=1S/C31H23BO2/c33-32(34)26-15-9-10-22(20-26)23-18-19-28-27-16-7-8-17-29(27)31(30(28)21-23,24-11-3-1-4-12-24)25-13-5-2-6-14-25/h1-21,33-34H. The smallest absolute Gasteiger partial charge is 0.423 e. The topological polar surface area (TPSA) is 40.5 Å². The summed E-state index contributed by atoms with van der Waals surface area (Å²) >= 11 is 0. The Morgan fingerprint density at radius 2 is 1.06 bits per heavy atom. The lowest BCUT2D eigenvalue weighted by Gasteiger charge is -2.34. The van der Waals surface area contributed by atoms with Crippen molar-refractivity contribution in [3.63, 3.8) is 0 Å². The summed E-state index contributed by atoms with van der Waals surface area (Å²) in [5.41, 5.74) is 9.48. The maximum absolute atomic E-state index is 9.70. The summed E-state index contributed by atoms with van der Waals surface area (Å²) in [5, 5.41) is 19.4. The van der Waals surface area contributed by atoms with Crippen molar-refractivity contribution < 1.29 is 10.0 Å². The molecule has 6 rings (SSSR count). The third kappa shape index (κ3) is 3.06. The van der Waals surface area contributed by atoms with Gasteiger partial charge in [-0.15, -0.1) is 0 Å². The Kier molecular flexibility index (Phi) is 4.95. The van der Waals surface area contributed by atoms with Crippen molar-refractivity contribution in [2.45, 2.75) is 5.41 Å². The minimum Gasteiger partial charge on any atom is -0.423 e. The fraction of sp³-hybridized carbons (Fsp3) is 0.0323. The molecule has 2 N–H and O–H groups in total. The van der Waals surface area contributed by atoms with Crippen molar-refractivity contribution in [2.24, 2.45) is 0 Å². The molecule has 0 fully saturated rings. The second kappa shape index (κ2) is 8.14. The molecule has 0 spiro atoms. The van der Waals surface area contributed by atoms with Crippen LogP contribution < -0.4 is 5.46 Å². The van der Waals surface area contributed by atoms with Crippen LogP contribution in [-0.4, -0.2) is 17.2 Å². The Balaban J connectivity index is 1.69. The molecule has 34 heavy (non-hydrogen) atoms. The molecule has 0 radical (unpaired) electrons. The van der Waals surface area contributed by atoms with Crippen molar-refractivity contribution in [1.29, 1.82) is 0 Å². The van der Waals surface area contributed by atoms with Gasteiger partial charge in [-0.2, -0.15) is 0 Å². The summed E-state index contributed by atoms with van der Waals surface area (Å²) < 4.78 is 0. The first-order chi connectivity index (χ1) is 16.7. The van der Waals surface area contributed by atoms with Crippen LogP contribution in [0.15, 0.2) is 127 Å². The highest BCUT2D eigenvalue weighted by Crippen LogP contribution is 2.56. The van der Waals surface area contributed by atoms with Crippen molar-refractivity contribution >= 4 is 12.6 Å². The zero-order chi connectivity index (χ0) is 23.1. The summed E-state index contributed by atoms with van der Waals surface area (Å²) in [7, 11) is -1.49. The third-order valence-electron chi connectivity index (χ3n) is 6.98. The number of hydrogen-bond donors (Lipinski definition) is 2. The van der Waals surface area contributed by atoms with Crippen molar-refractivity contribution in [1.82, 2.24) is 0 Å². The predicted molar refractivity (Wildman–Crippen MR) is 139 cm³/mol. The van der Waals surface area contributed by atoms with Gasteiger partial charge in [0.1, 0.15) is 0 Å². The number of benzene rings is 5. The summed E-state index contributed by atoms with van der Waals surface area (Å²) in [6.45, 7) is 0. The molecule has 0 bridgehead atoms. The Bertz CT molecular complexity index is 1440. The Morgan fingerprint density at radius 1 is 0.471 bits per heavy atom. The molecule has 5 aromatic carbocycles. The molecule has 5 aromatic rings. The molecule has 0 unspecified atom stereocenters. The van der Waals surface area contributed by atoms with Crippen LogP contribution in [0.4, 0.5) is 0 Å². The zero-order valence-electron chi connectivity index (χ0n) is 18.6. The molecule has 162 valence electrons. The highest BCUT2D eigenvalue weighted by Gasteiger charge is 2.45. The Labute approximate surface area is 199 Å². The monoisotopic (exact) mass is 438 g/mol. The predicted octanol–water partition coefficient (Wildman–Crippen LogP) is 5.40. The highest BCUT2D eigenvalue weighted by atomic mass is 16.4. The molecule has 0 saturated heterocycles. The Hall–Kier alpha value is -3.92. The summed E-state index contributed by atoms with van der Waals surface area (Å²) in [4.78, 5) is 0. The second-order valence-electron chi connectivity index (χ2n) is 8.79. The first-order valence-electron chi connectivity index (χ1n) is 11.5. The van der Waals surface area contributed by atoms with Gasteiger partial charge in [-0.3, -0.25) is 0 Å². The Morgan fingerprint density at radius 3 is 1.74 bits per heavy atom. The third-order valence-corrected chi connectivity index (χ3v) is 6.98. The maximum Gasteiger partial charge on any atom is 0.488 e. The van der Waals surface area contributed by atoms with Crippen LogP contribution >= 0.6 is 0 Å². The first kappa shape index (κ1) is 20.7. The van der Waals surface area contributed by atoms with Crippen molar-refractivity contribution in [3.8, 4) is 22.3 Å². The van der Waals surface area contributed by atoms with E-state index in [9.17, 15) is 10.0 Å². The van der Waals surface area contributed by atoms with E-state index in [2.05, 4.69) is 103 Å². The van der Waals surface area contributed by atoms with Gasteiger partial charge in [0, 0.05) is 0 Å². The lowest BCUT2D eigenvalue weighted by molar-refractivity contribution is 0.426. The van der Waals surface area contributed by atoms with Crippen LogP contribution in [0.1, 0.15) is 22.3 Å². The van der Waals surface area contributed by atoms with E-state index in [1.807, 2.05) is 18.2 Å². The van der Waals surface area contributed by atoms with E-state index in [0.29, 0.717) is 5.46 Å². The first-order valence-corrected chi connectivity index (χ1v) is 11.5. The zero-order valence-corrected chi connectivity index (χ0v) is 18.6. The molecule has 2 nitrogen and oxygen atoms in total. The van der Waals surface area contributed by atoms with E-state index in [4.69, 9.17) is 0 Å². The average molecular weight is 438 g/mol. The number of fused-ring (bicyclic) bond motifs is 3. The fourth-order valence-electron chi connectivity index (χ4n) is 5.50. The molecule has 1 aliphatic carbocycles. The van der Waals surface area contributed by atoms with Gasteiger partial charge in [-0.05, 0) is 56.0 Å². The fourth-order valence-corrected chi connectivity index (χ4v) is 5.50. The van der Waals surface area contributed by atoms with Gasteiger partial charge in [-0.25, -0.2) is 0 Å². The van der Waals surface area contributed by atoms with E-state index in [1.165, 1.54) is 33.4 Å². The van der Waals surface area contributed by atoms with Crippen molar-refractivity contribution in [3.05, 3.63) is 150 Å². The summed E-state index contributed by atoms with van der Waals surface area (Å²) in [5.74, 6) is 0. The highest BCUT2D eigenvalue weighted by molar-refractivity contribution is 6.58. The molecule has 0 aromatic heterocycles. The van der Waals surface area contributed by atoms with Gasteiger partial charge in [-0.1, -0.05) is 121 Å². The van der Waals surface area contributed by atoms with Crippen LogP contribution in [-0.2, 0) is 5.41 Å². The van der Waals surface area contributed by atoms with Gasteiger partial charge >= 0.3 is 7.12 Å². The molecule has 0 heterocycles. The quantitative estimate of drug-likeness (QED) is 0.362. The van der Waals surface area contributed by atoms with Crippen LogP contribution in [0, 0.1) is 0 Å². The van der Waals surface area contributed by atoms with E-state index in [1.54, 1.807) is 6.07 Å². The van der Waals surface area contributed by atoms with Gasteiger partial charge in [0.2, 0.25) is 0 Å². The van der Waals surface area contributed by atoms with E-state index in [0.717, 1.165) is 11.1 Å². The largest absolute Gasteiger partial charge is 0.488 e. The maximum atomic E-state index is 9.70. The minimum atomic E-state index is -1.49. The van der Waals surface area contributed by atoms with E-state index in [-0.39, 0.29) is 0 Å². The molecule has 3 heteroatoms. The molecule has 0 amide bonds. The summed E-state index contributed by atoms with van der Waals surface area (Å²) in [6, 6.07) is 44.2. The van der Waals surface area contributed by atoms with Gasteiger partial charge in [0.25, 0.3) is 0 Å².